The number of hydrogen-bond acceptors (Lipinski definition) is 3. The smallest absolute Gasteiger partial charge is 0.105 e. The van der Waals surface area contributed by atoms with E-state index in [0.29, 0.717) is 6.04 Å². The van der Waals surface area contributed by atoms with Crippen molar-refractivity contribution < 1.29 is 4.42 Å². The summed E-state index contributed by atoms with van der Waals surface area (Å²) in [6, 6.07) is 4.50. The van der Waals surface area contributed by atoms with Gasteiger partial charge in [0.25, 0.3) is 0 Å². The molecule has 0 radical (unpaired) electrons. The van der Waals surface area contributed by atoms with E-state index in [0.717, 1.165) is 24.6 Å². The Morgan fingerprint density at radius 3 is 3.24 bits per heavy atom. The van der Waals surface area contributed by atoms with Crippen LogP contribution in [0.5, 0.6) is 0 Å². The van der Waals surface area contributed by atoms with Crippen LogP contribution >= 0.6 is 0 Å². The molecule has 2 rings (SSSR count). The van der Waals surface area contributed by atoms with Gasteiger partial charge in [0.2, 0.25) is 0 Å². The van der Waals surface area contributed by atoms with Crippen LogP contribution in [0.4, 0.5) is 0 Å². The third-order valence-corrected chi connectivity index (χ3v) is 3.53. The predicted octanol–water partition coefficient (Wildman–Crippen LogP) is 2.19. The molecule has 1 saturated heterocycles. The maximum Gasteiger partial charge on any atom is 0.105 e. The number of nitrogens with one attached hydrogen (secondary N) is 2. The number of furan rings is 1. The quantitative estimate of drug-likeness (QED) is 0.795. The van der Waals surface area contributed by atoms with E-state index < -0.39 is 0 Å². The Labute approximate surface area is 104 Å². The minimum Gasteiger partial charge on any atom is -0.469 e. The molecule has 1 aliphatic rings. The van der Waals surface area contributed by atoms with Gasteiger partial charge in [0.1, 0.15) is 5.76 Å². The van der Waals surface area contributed by atoms with Crippen molar-refractivity contribution in [3.8, 4) is 0 Å². The lowest BCUT2D eigenvalue weighted by Crippen LogP contribution is -2.34. The Kier molecular flexibility index (Phi) is 5.08. The van der Waals surface area contributed by atoms with Crippen molar-refractivity contribution in [1.82, 2.24) is 10.6 Å². The highest BCUT2D eigenvalue weighted by molar-refractivity contribution is 4.99. The van der Waals surface area contributed by atoms with Crippen LogP contribution in [-0.2, 0) is 6.42 Å². The highest BCUT2D eigenvalue weighted by atomic mass is 16.3. The summed E-state index contributed by atoms with van der Waals surface area (Å²) < 4.78 is 5.35. The summed E-state index contributed by atoms with van der Waals surface area (Å²) in [6.45, 7) is 5.75. The molecule has 1 fully saturated rings. The van der Waals surface area contributed by atoms with Crippen molar-refractivity contribution in [2.45, 2.75) is 38.6 Å². The predicted molar refractivity (Wildman–Crippen MR) is 70.1 cm³/mol. The standard InChI is InChI=1S/C14H24N2O/c1-12(10-14-5-3-9-17-14)16-8-6-13-4-2-7-15-11-13/h3,5,9,12-13,15-16H,2,4,6-8,10-11H2,1H3. The molecule has 2 heterocycles. The monoisotopic (exact) mass is 236 g/mol. The lowest BCUT2D eigenvalue weighted by molar-refractivity contribution is 0.344. The average molecular weight is 236 g/mol. The zero-order valence-corrected chi connectivity index (χ0v) is 10.7. The van der Waals surface area contributed by atoms with Gasteiger partial charge in [-0.3, -0.25) is 0 Å². The van der Waals surface area contributed by atoms with Gasteiger partial charge >= 0.3 is 0 Å². The molecular formula is C14H24N2O. The zero-order chi connectivity index (χ0) is 11.9. The van der Waals surface area contributed by atoms with Gasteiger partial charge in [-0.15, -0.1) is 0 Å². The highest BCUT2D eigenvalue weighted by Crippen LogP contribution is 2.13. The molecule has 1 aromatic rings. The minimum atomic E-state index is 0.498. The fourth-order valence-corrected chi connectivity index (χ4v) is 2.51. The molecule has 3 nitrogen and oxygen atoms in total. The molecule has 0 spiro atoms. The first-order valence-corrected chi connectivity index (χ1v) is 6.81. The van der Waals surface area contributed by atoms with Gasteiger partial charge in [0.05, 0.1) is 6.26 Å². The molecule has 3 heteroatoms. The van der Waals surface area contributed by atoms with Crippen molar-refractivity contribution in [1.29, 1.82) is 0 Å². The van der Waals surface area contributed by atoms with Crippen LogP contribution in [0.1, 0.15) is 31.9 Å². The summed E-state index contributed by atoms with van der Waals surface area (Å²) in [4.78, 5) is 0. The first-order chi connectivity index (χ1) is 8.34. The van der Waals surface area contributed by atoms with E-state index >= 15 is 0 Å². The number of hydrogen-bond donors (Lipinski definition) is 2. The lowest BCUT2D eigenvalue weighted by Gasteiger charge is -2.23. The van der Waals surface area contributed by atoms with Gasteiger partial charge in [-0.05, 0) is 63.9 Å². The van der Waals surface area contributed by atoms with Gasteiger partial charge in [-0.25, -0.2) is 0 Å². The van der Waals surface area contributed by atoms with E-state index in [4.69, 9.17) is 4.42 Å². The molecule has 17 heavy (non-hydrogen) atoms. The molecule has 1 aliphatic heterocycles. The van der Waals surface area contributed by atoms with E-state index in [1.165, 1.54) is 32.4 Å². The second kappa shape index (κ2) is 6.82. The number of rotatable bonds is 6. The fraction of sp³-hybridized carbons (Fsp3) is 0.714. The highest BCUT2D eigenvalue weighted by Gasteiger charge is 2.13. The molecule has 0 saturated carbocycles. The van der Waals surface area contributed by atoms with Crippen LogP contribution in [0.3, 0.4) is 0 Å². The van der Waals surface area contributed by atoms with Crippen LogP contribution in [-0.4, -0.2) is 25.7 Å². The topological polar surface area (TPSA) is 37.2 Å². The molecule has 96 valence electrons. The van der Waals surface area contributed by atoms with Gasteiger partial charge in [0.15, 0.2) is 0 Å². The molecule has 1 aromatic heterocycles. The molecule has 0 aliphatic carbocycles. The molecule has 0 amide bonds. The SMILES string of the molecule is CC(Cc1ccco1)NCCC1CCCNC1. The van der Waals surface area contributed by atoms with E-state index in [1.54, 1.807) is 6.26 Å². The van der Waals surface area contributed by atoms with Crippen molar-refractivity contribution >= 4 is 0 Å². The molecular weight excluding hydrogens is 212 g/mol. The summed E-state index contributed by atoms with van der Waals surface area (Å²) in [7, 11) is 0. The van der Waals surface area contributed by atoms with E-state index in [1.807, 2.05) is 12.1 Å². The molecule has 0 aromatic carbocycles. The molecule has 2 atom stereocenters. The molecule has 2 N–H and O–H groups in total. The lowest BCUT2D eigenvalue weighted by atomic mass is 9.96. The van der Waals surface area contributed by atoms with E-state index in [2.05, 4.69) is 17.6 Å². The van der Waals surface area contributed by atoms with Crippen molar-refractivity contribution in [3.05, 3.63) is 24.2 Å². The minimum absolute atomic E-state index is 0.498. The first kappa shape index (κ1) is 12.7. The summed E-state index contributed by atoms with van der Waals surface area (Å²) in [5, 5.41) is 7.05. The average Bonchev–Trinajstić information content (AvgIpc) is 2.83. The molecule has 0 bridgehead atoms. The normalized spacial score (nSPS) is 22.5. The zero-order valence-electron chi connectivity index (χ0n) is 10.7. The van der Waals surface area contributed by atoms with Crippen molar-refractivity contribution in [2.24, 2.45) is 5.92 Å². The maximum atomic E-state index is 5.35. The van der Waals surface area contributed by atoms with Crippen molar-refractivity contribution in [2.75, 3.05) is 19.6 Å². The Bertz CT molecular complexity index is 291. The van der Waals surface area contributed by atoms with Crippen LogP contribution in [0.15, 0.2) is 22.8 Å². The Balaban J connectivity index is 1.58. The third-order valence-electron chi connectivity index (χ3n) is 3.53. The Morgan fingerprint density at radius 1 is 1.59 bits per heavy atom. The van der Waals surface area contributed by atoms with Gasteiger partial charge in [0, 0.05) is 12.5 Å². The Morgan fingerprint density at radius 2 is 2.53 bits per heavy atom. The summed E-state index contributed by atoms with van der Waals surface area (Å²) >= 11 is 0. The van der Waals surface area contributed by atoms with Crippen molar-refractivity contribution in [3.63, 3.8) is 0 Å². The Hall–Kier alpha value is -0.800. The molecule has 2 unspecified atom stereocenters. The van der Waals surface area contributed by atoms with E-state index in [-0.39, 0.29) is 0 Å². The summed E-state index contributed by atoms with van der Waals surface area (Å²) in [5.74, 6) is 1.94. The van der Waals surface area contributed by atoms with Gasteiger partial charge < -0.3 is 15.1 Å². The first-order valence-electron chi connectivity index (χ1n) is 6.81. The fourth-order valence-electron chi connectivity index (χ4n) is 2.51. The van der Waals surface area contributed by atoms with Gasteiger partial charge in [-0.2, -0.15) is 0 Å². The maximum absolute atomic E-state index is 5.35. The van der Waals surface area contributed by atoms with E-state index in [9.17, 15) is 0 Å². The second-order valence-corrected chi connectivity index (χ2v) is 5.14. The summed E-state index contributed by atoms with van der Waals surface area (Å²) in [6.07, 6.45) is 6.75. The van der Waals surface area contributed by atoms with Gasteiger partial charge in [-0.1, -0.05) is 0 Å². The van der Waals surface area contributed by atoms with Crippen LogP contribution in [0, 0.1) is 5.92 Å². The second-order valence-electron chi connectivity index (χ2n) is 5.14. The number of piperidine rings is 1. The van der Waals surface area contributed by atoms with Crippen LogP contribution < -0.4 is 10.6 Å². The third kappa shape index (κ3) is 4.52. The van der Waals surface area contributed by atoms with Crippen LogP contribution in [0.2, 0.25) is 0 Å². The summed E-state index contributed by atoms with van der Waals surface area (Å²) in [5.41, 5.74) is 0. The largest absolute Gasteiger partial charge is 0.469 e. The van der Waals surface area contributed by atoms with Crippen LogP contribution in [0.25, 0.3) is 0 Å².